The van der Waals surface area contributed by atoms with Crippen LogP contribution in [0.1, 0.15) is 47.1 Å². The van der Waals surface area contributed by atoms with Gasteiger partial charge in [-0.25, -0.2) is 0 Å². The van der Waals surface area contributed by atoms with Crippen molar-refractivity contribution < 1.29 is 9.32 Å². The van der Waals surface area contributed by atoms with Crippen LogP contribution in [0.3, 0.4) is 0 Å². The molecule has 0 N–H and O–H groups in total. The molecule has 1 amide bonds. The van der Waals surface area contributed by atoms with E-state index < -0.39 is 0 Å². The van der Waals surface area contributed by atoms with Gasteiger partial charge >= 0.3 is 0 Å². The predicted octanol–water partition coefficient (Wildman–Crippen LogP) is 4.78. The van der Waals surface area contributed by atoms with Gasteiger partial charge in [-0.3, -0.25) is 4.79 Å². The second kappa shape index (κ2) is 6.52. The highest BCUT2D eigenvalue weighted by molar-refractivity contribution is 7.15. The molecule has 3 heterocycles. The van der Waals surface area contributed by atoms with Crippen molar-refractivity contribution in [2.24, 2.45) is 17.8 Å². The molecule has 1 aromatic carbocycles. The fraction of sp³-hybridized carbons (Fsp3) is 0.435. The molecule has 1 aliphatic heterocycles. The minimum absolute atomic E-state index is 0.0264. The van der Waals surface area contributed by atoms with Crippen LogP contribution in [0.5, 0.6) is 0 Å². The Labute approximate surface area is 173 Å². The Hall–Kier alpha value is -2.47. The molecular formula is C23H23N3O2S. The average Bonchev–Trinajstić information content (AvgIpc) is 3.54. The van der Waals surface area contributed by atoms with E-state index in [0.717, 1.165) is 37.2 Å². The number of fused-ring (bicyclic) bond motifs is 3. The van der Waals surface area contributed by atoms with Gasteiger partial charge in [-0.1, -0.05) is 29.4 Å². The molecule has 0 unspecified atom stereocenters. The lowest BCUT2D eigenvalue weighted by Crippen LogP contribution is -2.38. The number of aromatic nitrogens is 2. The molecule has 2 fully saturated rings. The van der Waals surface area contributed by atoms with Gasteiger partial charge in [0.25, 0.3) is 0 Å². The fourth-order valence-corrected chi connectivity index (χ4v) is 6.52. The number of benzene rings is 1. The molecular weight excluding hydrogens is 382 g/mol. The Morgan fingerprint density at radius 3 is 2.59 bits per heavy atom. The second-order valence-electron chi connectivity index (χ2n) is 8.71. The first-order valence-electron chi connectivity index (χ1n) is 10.4. The lowest BCUT2D eigenvalue weighted by Gasteiger charge is -2.30. The summed E-state index contributed by atoms with van der Waals surface area (Å²) < 4.78 is 5.74. The van der Waals surface area contributed by atoms with Crippen LogP contribution in [0, 0.1) is 24.7 Å². The number of aryl methyl sites for hydroxylation is 1. The Balaban J connectivity index is 1.29. The van der Waals surface area contributed by atoms with Crippen molar-refractivity contribution in [3.05, 3.63) is 58.3 Å². The predicted molar refractivity (Wildman–Crippen MR) is 110 cm³/mol. The minimum Gasteiger partial charge on any atom is -0.339 e. The van der Waals surface area contributed by atoms with Crippen molar-refractivity contribution >= 4 is 17.2 Å². The Kier molecular flexibility index (Phi) is 3.91. The van der Waals surface area contributed by atoms with Gasteiger partial charge in [-0.05, 0) is 61.3 Å². The smallest absolute Gasteiger partial charge is 0.231 e. The van der Waals surface area contributed by atoms with Crippen LogP contribution < -0.4 is 0 Å². The van der Waals surface area contributed by atoms with Crippen LogP contribution >= 0.6 is 11.3 Å². The van der Waals surface area contributed by atoms with Gasteiger partial charge in [0.15, 0.2) is 0 Å². The van der Waals surface area contributed by atoms with Gasteiger partial charge in [-0.2, -0.15) is 4.98 Å². The molecule has 3 aromatic rings. The number of amides is 1. The van der Waals surface area contributed by atoms with E-state index in [1.165, 1.54) is 16.0 Å². The zero-order valence-corrected chi connectivity index (χ0v) is 17.2. The summed E-state index contributed by atoms with van der Waals surface area (Å²) in [6.07, 6.45) is 3.41. The molecule has 2 aliphatic carbocycles. The molecule has 2 aromatic heterocycles. The third kappa shape index (κ3) is 2.76. The highest BCUT2D eigenvalue weighted by atomic mass is 32.1. The summed E-state index contributed by atoms with van der Waals surface area (Å²) in [7, 11) is 0. The van der Waals surface area contributed by atoms with Crippen molar-refractivity contribution in [3.63, 3.8) is 0 Å². The first-order chi connectivity index (χ1) is 14.2. The Morgan fingerprint density at radius 1 is 1.10 bits per heavy atom. The van der Waals surface area contributed by atoms with E-state index in [9.17, 15) is 4.79 Å². The summed E-state index contributed by atoms with van der Waals surface area (Å²) in [6.45, 7) is 3.52. The van der Waals surface area contributed by atoms with Crippen LogP contribution in [-0.4, -0.2) is 20.9 Å². The van der Waals surface area contributed by atoms with E-state index in [-0.39, 0.29) is 17.7 Å². The zero-order valence-electron chi connectivity index (χ0n) is 16.4. The number of carbonyl (C=O) groups excluding carboxylic acids is 1. The standard InChI is InChI=1S/C23H23N3O2S/c1-13-6-9-18(29-13)21-24-22(28-25-21)19-14-7-8-15(10-14)20(19)23(27)26-11-16-4-2-3-5-17(16)12-26/h2-6,9,14-15,19-20H,7-8,10-12H2,1H3/t14-,15+,19+,20+/m1/s1. The molecule has 0 spiro atoms. The van der Waals surface area contributed by atoms with Crippen molar-refractivity contribution in [3.8, 4) is 10.7 Å². The summed E-state index contributed by atoms with van der Waals surface area (Å²) in [4.78, 5) is 22.6. The fourth-order valence-electron chi connectivity index (χ4n) is 5.73. The molecule has 6 heteroatoms. The van der Waals surface area contributed by atoms with Crippen molar-refractivity contribution in [1.29, 1.82) is 0 Å². The first-order valence-corrected chi connectivity index (χ1v) is 11.2. The summed E-state index contributed by atoms with van der Waals surface area (Å²) in [6, 6.07) is 12.5. The van der Waals surface area contributed by atoms with E-state index in [1.54, 1.807) is 11.3 Å². The number of hydrogen-bond donors (Lipinski definition) is 0. The Morgan fingerprint density at radius 2 is 1.86 bits per heavy atom. The van der Waals surface area contributed by atoms with E-state index in [4.69, 9.17) is 9.51 Å². The average molecular weight is 406 g/mol. The van der Waals surface area contributed by atoms with Crippen molar-refractivity contribution in [1.82, 2.24) is 15.0 Å². The quantitative estimate of drug-likeness (QED) is 0.629. The SMILES string of the molecule is Cc1ccc(-c2noc([C@H]3[C@@H]4CC[C@@H](C4)[C@@H]3C(=O)N3Cc4ccccc4C3)n2)s1. The van der Waals surface area contributed by atoms with E-state index in [1.807, 2.05) is 11.0 Å². The molecule has 0 saturated heterocycles. The molecule has 29 heavy (non-hydrogen) atoms. The minimum atomic E-state index is -0.0264. The molecule has 4 atom stereocenters. The maximum absolute atomic E-state index is 13.6. The van der Waals surface area contributed by atoms with Gasteiger partial charge in [0, 0.05) is 18.0 Å². The number of nitrogens with zero attached hydrogens (tertiary/aromatic N) is 3. The zero-order chi connectivity index (χ0) is 19.5. The molecule has 2 saturated carbocycles. The van der Waals surface area contributed by atoms with E-state index in [2.05, 4.69) is 42.4 Å². The van der Waals surface area contributed by atoms with E-state index in [0.29, 0.717) is 23.6 Å². The lowest BCUT2D eigenvalue weighted by molar-refractivity contribution is -0.138. The van der Waals surface area contributed by atoms with Crippen LogP contribution in [0.4, 0.5) is 0 Å². The maximum Gasteiger partial charge on any atom is 0.231 e. The number of carbonyl (C=O) groups is 1. The van der Waals surface area contributed by atoms with Gasteiger partial charge in [-0.15, -0.1) is 11.3 Å². The van der Waals surface area contributed by atoms with Crippen LogP contribution in [-0.2, 0) is 17.9 Å². The number of thiophene rings is 1. The van der Waals surface area contributed by atoms with Crippen LogP contribution in [0.2, 0.25) is 0 Å². The monoisotopic (exact) mass is 405 g/mol. The molecule has 148 valence electrons. The largest absolute Gasteiger partial charge is 0.339 e. The van der Waals surface area contributed by atoms with Gasteiger partial charge in [0.2, 0.25) is 17.6 Å². The summed E-state index contributed by atoms with van der Waals surface area (Å²) in [5.74, 6) is 2.55. The highest BCUT2D eigenvalue weighted by Crippen LogP contribution is 2.57. The lowest BCUT2D eigenvalue weighted by atomic mass is 9.78. The topological polar surface area (TPSA) is 59.2 Å². The summed E-state index contributed by atoms with van der Waals surface area (Å²) in [5, 5.41) is 4.25. The second-order valence-corrected chi connectivity index (χ2v) is 10.0. The third-order valence-electron chi connectivity index (χ3n) is 7.04. The van der Waals surface area contributed by atoms with E-state index >= 15 is 0 Å². The van der Waals surface area contributed by atoms with Gasteiger partial charge in [0.1, 0.15) is 0 Å². The van der Waals surface area contributed by atoms with Crippen molar-refractivity contribution in [2.45, 2.75) is 45.2 Å². The maximum atomic E-state index is 13.6. The number of hydrogen-bond acceptors (Lipinski definition) is 5. The highest BCUT2D eigenvalue weighted by Gasteiger charge is 2.54. The van der Waals surface area contributed by atoms with Crippen molar-refractivity contribution in [2.75, 3.05) is 0 Å². The van der Waals surface area contributed by atoms with Crippen LogP contribution in [0.15, 0.2) is 40.9 Å². The van der Waals surface area contributed by atoms with Gasteiger partial charge < -0.3 is 9.42 Å². The van der Waals surface area contributed by atoms with Gasteiger partial charge in [0.05, 0.1) is 16.7 Å². The molecule has 5 nitrogen and oxygen atoms in total. The molecule has 2 bridgehead atoms. The number of rotatable bonds is 3. The third-order valence-corrected chi connectivity index (χ3v) is 8.04. The normalized spacial score (nSPS) is 27.6. The first kappa shape index (κ1) is 17.4. The molecule has 3 aliphatic rings. The van der Waals surface area contributed by atoms with Crippen LogP contribution in [0.25, 0.3) is 10.7 Å². The molecule has 6 rings (SSSR count). The summed E-state index contributed by atoms with van der Waals surface area (Å²) in [5.41, 5.74) is 2.54. The molecule has 0 radical (unpaired) electrons. The Bertz CT molecular complexity index is 1060. The summed E-state index contributed by atoms with van der Waals surface area (Å²) >= 11 is 1.67.